The van der Waals surface area contributed by atoms with E-state index in [-0.39, 0.29) is 10.9 Å². The van der Waals surface area contributed by atoms with Crippen molar-refractivity contribution in [3.63, 3.8) is 0 Å². The molecule has 1 aliphatic carbocycles. The number of ether oxygens (including phenoxy) is 1. The molecule has 1 fully saturated rings. The number of hydrogen-bond acceptors (Lipinski definition) is 6. The molecule has 1 aliphatic heterocycles. The highest BCUT2D eigenvalue weighted by atomic mass is 32.2. The minimum absolute atomic E-state index is 0.133. The number of benzene rings is 2. The molecule has 35 heavy (non-hydrogen) atoms. The van der Waals surface area contributed by atoms with Gasteiger partial charge in [-0.05, 0) is 92.4 Å². The molecular formula is C27H32N4O3S. The highest BCUT2D eigenvalue weighted by molar-refractivity contribution is 7.89. The van der Waals surface area contributed by atoms with E-state index in [1.54, 1.807) is 48.8 Å². The van der Waals surface area contributed by atoms with Gasteiger partial charge in [0.1, 0.15) is 11.5 Å². The average Bonchev–Trinajstić information content (AvgIpc) is 2.86. The largest absolute Gasteiger partial charge is 0.456 e. The molecule has 0 saturated carbocycles. The first-order chi connectivity index (χ1) is 16.9. The maximum absolute atomic E-state index is 13.2. The van der Waals surface area contributed by atoms with Crippen LogP contribution in [0.5, 0.6) is 11.5 Å². The first-order valence-electron chi connectivity index (χ1n) is 12.1. The second-order valence-corrected chi connectivity index (χ2v) is 11.2. The van der Waals surface area contributed by atoms with Gasteiger partial charge in [-0.2, -0.15) is 0 Å². The van der Waals surface area contributed by atoms with E-state index in [0.717, 1.165) is 39.0 Å². The van der Waals surface area contributed by atoms with Crippen LogP contribution in [0.1, 0.15) is 23.1 Å². The summed E-state index contributed by atoms with van der Waals surface area (Å²) in [6, 6.07) is 14.4. The minimum Gasteiger partial charge on any atom is -0.456 e. The van der Waals surface area contributed by atoms with Gasteiger partial charge in [0.25, 0.3) is 0 Å². The summed E-state index contributed by atoms with van der Waals surface area (Å²) in [5.41, 5.74) is 5.24. The second-order valence-electron chi connectivity index (χ2n) is 9.47. The van der Waals surface area contributed by atoms with Gasteiger partial charge >= 0.3 is 0 Å². The second kappa shape index (κ2) is 9.97. The maximum Gasteiger partial charge on any atom is 0.240 e. The molecule has 3 aromatic rings. The smallest absolute Gasteiger partial charge is 0.240 e. The number of rotatable bonds is 6. The fourth-order valence-corrected chi connectivity index (χ4v) is 6.27. The molecule has 7 nitrogen and oxygen atoms in total. The van der Waals surface area contributed by atoms with Gasteiger partial charge in [-0.3, -0.25) is 4.98 Å². The molecule has 5 rings (SSSR count). The average molecular weight is 493 g/mol. The monoisotopic (exact) mass is 492 g/mol. The Labute approximate surface area is 207 Å². The van der Waals surface area contributed by atoms with E-state index in [2.05, 4.69) is 45.6 Å². The standard InChI is InChI=1S/C27H32N4O3S/c1-20-5-12-27(31-16-14-30(2)15-17-31)26-18-21(6-11-25(20)26)29-35(32,33)24-9-7-22(8-10-24)34-23-4-3-13-28-19-23/h3-5,7-10,12-13,19,21,29H,6,11,14-18H2,1-2H3/t21-/m1/s1. The molecule has 1 aromatic heterocycles. The van der Waals surface area contributed by atoms with Gasteiger partial charge < -0.3 is 14.5 Å². The Bertz CT molecular complexity index is 1270. The Morgan fingerprint density at radius 1 is 0.971 bits per heavy atom. The number of fused-ring (bicyclic) bond motifs is 1. The lowest BCUT2D eigenvalue weighted by Gasteiger charge is -2.37. The molecule has 2 heterocycles. The Hall–Kier alpha value is -2.94. The van der Waals surface area contributed by atoms with Crippen molar-refractivity contribution in [1.29, 1.82) is 0 Å². The predicted molar refractivity (Wildman–Crippen MR) is 138 cm³/mol. The summed E-state index contributed by atoms with van der Waals surface area (Å²) < 4.78 is 35.1. The van der Waals surface area contributed by atoms with Gasteiger partial charge in [-0.15, -0.1) is 0 Å². The van der Waals surface area contributed by atoms with E-state index >= 15 is 0 Å². The van der Waals surface area contributed by atoms with E-state index in [1.165, 1.54) is 22.4 Å². The van der Waals surface area contributed by atoms with E-state index < -0.39 is 10.0 Å². The lowest BCUT2D eigenvalue weighted by molar-refractivity contribution is 0.312. The third-order valence-corrected chi connectivity index (χ3v) is 8.54. The number of pyridine rings is 1. The molecule has 2 aliphatic rings. The fourth-order valence-electron chi connectivity index (χ4n) is 5.00. The van der Waals surface area contributed by atoms with Crippen LogP contribution < -0.4 is 14.4 Å². The van der Waals surface area contributed by atoms with Gasteiger partial charge in [0.2, 0.25) is 10.0 Å². The van der Waals surface area contributed by atoms with Crippen molar-refractivity contribution < 1.29 is 13.2 Å². The van der Waals surface area contributed by atoms with Crippen molar-refractivity contribution in [2.75, 3.05) is 38.1 Å². The molecule has 1 N–H and O–H groups in total. The van der Waals surface area contributed by atoms with Crippen LogP contribution in [-0.4, -0.2) is 57.6 Å². The Morgan fingerprint density at radius 3 is 2.46 bits per heavy atom. The molecule has 0 bridgehead atoms. The fraction of sp³-hybridized carbons (Fsp3) is 0.370. The van der Waals surface area contributed by atoms with Gasteiger partial charge in [0, 0.05) is 44.1 Å². The van der Waals surface area contributed by atoms with Crippen molar-refractivity contribution in [2.45, 2.75) is 37.1 Å². The number of aromatic nitrogens is 1. The van der Waals surface area contributed by atoms with E-state index in [9.17, 15) is 8.42 Å². The molecule has 8 heteroatoms. The molecule has 1 saturated heterocycles. The van der Waals surface area contributed by atoms with Crippen molar-refractivity contribution >= 4 is 15.7 Å². The van der Waals surface area contributed by atoms with Crippen LogP contribution in [0.4, 0.5) is 5.69 Å². The van der Waals surface area contributed by atoms with Crippen LogP contribution in [-0.2, 0) is 22.9 Å². The summed E-state index contributed by atoms with van der Waals surface area (Å²) in [5.74, 6) is 1.17. The molecule has 0 amide bonds. The number of hydrogen-bond donors (Lipinski definition) is 1. The number of piperazine rings is 1. The molecule has 1 atom stereocenters. The highest BCUT2D eigenvalue weighted by Gasteiger charge is 2.28. The zero-order chi connectivity index (χ0) is 24.4. The molecule has 0 radical (unpaired) electrons. The van der Waals surface area contributed by atoms with Crippen LogP contribution in [0.2, 0.25) is 0 Å². The zero-order valence-electron chi connectivity index (χ0n) is 20.3. The van der Waals surface area contributed by atoms with Gasteiger partial charge in [0.05, 0.1) is 11.1 Å². The zero-order valence-corrected chi connectivity index (χ0v) is 21.1. The quantitative estimate of drug-likeness (QED) is 0.565. The summed E-state index contributed by atoms with van der Waals surface area (Å²) >= 11 is 0. The van der Waals surface area contributed by atoms with Gasteiger partial charge in [0.15, 0.2) is 0 Å². The summed E-state index contributed by atoms with van der Waals surface area (Å²) in [6.07, 6.45) is 5.67. The Morgan fingerprint density at radius 2 is 1.74 bits per heavy atom. The van der Waals surface area contributed by atoms with E-state index in [4.69, 9.17) is 4.74 Å². The van der Waals surface area contributed by atoms with E-state index in [0.29, 0.717) is 17.9 Å². The molecule has 0 unspecified atom stereocenters. The number of sulfonamides is 1. The van der Waals surface area contributed by atoms with Crippen LogP contribution in [0, 0.1) is 6.92 Å². The number of aryl methyl sites for hydroxylation is 1. The van der Waals surface area contributed by atoms with Crippen LogP contribution in [0.25, 0.3) is 0 Å². The summed E-state index contributed by atoms with van der Waals surface area (Å²) in [5, 5.41) is 0. The molecular weight excluding hydrogens is 460 g/mol. The van der Waals surface area contributed by atoms with E-state index in [1.807, 2.05) is 0 Å². The topological polar surface area (TPSA) is 74.8 Å². The number of nitrogens with one attached hydrogen (secondary N) is 1. The highest BCUT2D eigenvalue weighted by Crippen LogP contribution is 2.34. The van der Waals surface area contributed by atoms with Crippen molar-refractivity contribution in [3.8, 4) is 11.5 Å². The minimum atomic E-state index is -3.65. The van der Waals surface area contributed by atoms with Gasteiger partial charge in [-0.1, -0.05) is 6.07 Å². The van der Waals surface area contributed by atoms with Crippen molar-refractivity contribution in [3.05, 3.63) is 77.6 Å². The Balaban J connectivity index is 1.30. The van der Waals surface area contributed by atoms with Crippen molar-refractivity contribution in [2.24, 2.45) is 0 Å². The molecule has 2 aromatic carbocycles. The molecule has 184 valence electrons. The third-order valence-electron chi connectivity index (χ3n) is 7.00. The number of likely N-dealkylation sites (N-methyl/N-ethyl adjacent to an activating group) is 1. The summed E-state index contributed by atoms with van der Waals surface area (Å²) in [7, 11) is -1.49. The normalized spacial score (nSPS) is 18.8. The predicted octanol–water partition coefficient (Wildman–Crippen LogP) is 3.77. The molecule has 0 spiro atoms. The van der Waals surface area contributed by atoms with Gasteiger partial charge in [-0.25, -0.2) is 13.1 Å². The first-order valence-corrected chi connectivity index (χ1v) is 13.6. The Kier molecular flexibility index (Phi) is 6.77. The maximum atomic E-state index is 13.2. The lowest BCUT2D eigenvalue weighted by Crippen LogP contribution is -2.45. The SMILES string of the molecule is Cc1ccc(N2CCN(C)CC2)c2c1CC[C@@H](NS(=O)(=O)c1ccc(Oc3cccnc3)cc1)C2. The van der Waals surface area contributed by atoms with Crippen LogP contribution in [0.15, 0.2) is 65.8 Å². The summed E-state index contributed by atoms with van der Waals surface area (Å²) in [6.45, 7) is 6.23. The van der Waals surface area contributed by atoms with Crippen LogP contribution >= 0.6 is 0 Å². The third kappa shape index (κ3) is 5.34. The lowest BCUT2D eigenvalue weighted by atomic mass is 9.84. The summed E-state index contributed by atoms with van der Waals surface area (Å²) in [4.78, 5) is 9.07. The van der Waals surface area contributed by atoms with Crippen LogP contribution in [0.3, 0.4) is 0 Å². The first kappa shape index (κ1) is 23.8. The number of anilines is 1. The van der Waals surface area contributed by atoms with Crippen molar-refractivity contribution in [1.82, 2.24) is 14.6 Å². The number of nitrogens with zero attached hydrogens (tertiary/aromatic N) is 3.